The summed E-state index contributed by atoms with van der Waals surface area (Å²) in [4.78, 5) is 11.8. The van der Waals surface area contributed by atoms with Crippen LogP contribution in [0.15, 0.2) is 12.1 Å². The van der Waals surface area contributed by atoms with Gasteiger partial charge in [0.05, 0.1) is 16.1 Å². The fraction of sp³-hybridized carbons (Fsp3) is 0.333. The van der Waals surface area contributed by atoms with Gasteiger partial charge in [-0.3, -0.25) is 4.79 Å². The van der Waals surface area contributed by atoms with E-state index in [0.29, 0.717) is 0 Å². The molecular weight excluding hydrogens is 278 g/mol. The number of hydrogen-bond donors (Lipinski definition) is 1. The molecule has 6 heteroatoms. The van der Waals surface area contributed by atoms with Crippen molar-refractivity contribution in [2.75, 3.05) is 5.32 Å². The molecule has 1 aromatic carbocycles. The molecular formula is C12H11Cl2FN2O. The highest BCUT2D eigenvalue weighted by Gasteiger charge is 2.22. The Bertz CT molecular complexity index is 488. The number of carbonyl (C=O) groups is 1. The largest absolute Gasteiger partial charge is 0.325 e. The molecule has 0 radical (unpaired) electrons. The molecule has 1 N–H and O–H groups in total. The number of nitrogens with zero attached hydrogens (tertiary/aromatic N) is 1. The minimum atomic E-state index is -0.785. The molecule has 1 rings (SSSR count). The van der Waals surface area contributed by atoms with Crippen molar-refractivity contribution in [3.8, 4) is 6.07 Å². The van der Waals surface area contributed by atoms with E-state index in [-0.39, 0.29) is 21.7 Å². The lowest BCUT2D eigenvalue weighted by atomic mass is 9.96. The van der Waals surface area contributed by atoms with Gasteiger partial charge < -0.3 is 5.32 Å². The second-order valence-electron chi connectivity index (χ2n) is 4.09. The molecule has 0 saturated heterocycles. The Labute approximate surface area is 114 Å². The van der Waals surface area contributed by atoms with Gasteiger partial charge in [0.25, 0.3) is 0 Å². The Kier molecular flexibility index (Phi) is 4.94. The van der Waals surface area contributed by atoms with Crippen LogP contribution in [0.4, 0.5) is 10.1 Å². The first-order valence-corrected chi connectivity index (χ1v) is 5.97. The Morgan fingerprint density at radius 2 is 1.89 bits per heavy atom. The third kappa shape index (κ3) is 3.34. The number of halogens is 3. The molecule has 1 unspecified atom stereocenters. The van der Waals surface area contributed by atoms with Crippen molar-refractivity contribution >= 4 is 34.8 Å². The molecule has 0 aliphatic heterocycles. The number of carbonyl (C=O) groups excluding carboxylic acids is 1. The van der Waals surface area contributed by atoms with E-state index in [1.807, 2.05) is 6.07 Å². The summed E-state index contributed by atoms with van der Waals surface area (Å²) in [6.07, 6.45) is 0. The average Bonchev–Trinajstić information content (AvgIpc) is 2.26. The Morgan fingerprint density at radius 3 is 2.28 bits per heavy atom. The third-order valence-electron chi connectivity index (χ3n) is 2.34. The van der Waals surface area contributed by atoms with Gasteiger partial charge >= 0.3 is 0 Å². The van der Waals surface area contributed by atoms with E-state index in [0.717, 1.165) is 0 Å². The summed E-state index contributed by atoms with van der Waals surface area (Å²) in [5.74, 6) is -2.11. The Hall–Kier alpha value is -1.31. The normalized spacial score (nSPS) is 12.1. The van der Waals surface area contributed by atoms with E-state index in [1.54, 1.807) is 13.8 Å². The lowest BCUT2D eigenvalue weighted by Gasteiger charge is -2.13. The van der Waals surface area contributed by atoms with Crippen molar-refractivity contribution in [1.82, 2.24) is 0 Å². The quantitative estimate of drug-likeness (QED) is 0.859. The summed E-state index contributed by atoms with van der Waals surface area (Å²) in [5, 5.41) is 11.0. The van der Waals surface area contributed by atoms with Gasteiger partial charge in [-0.2, -0.15) is 5.26 Å². The maximum Gasteiger partial charge on any atom is 0.241 e. The van der Waals surface area contributed by atoms with Gasteiger partial charge in [0, 0.05) is 5.69 Å². The first-order valence-electron chi connectivity index (χ1n) is 5.21. The molecule has 3 nitrogen and oxygen atoms in total. The molecule has 0 saturated carbocycles. The first-order chi connectivity index (χ1) is 8.36. The molecule has 0 aliphatic carbocycles. The van der Waals surface area contributed by atoms with Gasteiger partial charge in [-0.25, -0.2) is 4.39 Å². The van der Waals surface area contributed by atoms with Crippen LogP contribution in [0, 0.1) is 29.0 Å². The van der Waals surface area contributed by atoms with Crippen molar-refractivity contribution in [2.45, 2.75) is 13.8 Å². The lowest BCUT2D eigenvalue weighted by molar-refractivity contribution is -0.119. The zero-order valence-electron chi connectivity index (χ0n) is 9.80. The second kappa shape index (κ2) is 6.03. The summed E-state index contributed by atoms with van der Waals surface area (Å²) < 4.78 is 13.2. The van der Waals surface area contributed by atoms with E-state index in [9.17, 15) is 9.18 Å². The molecule has 0 bridgehead atoms. The smallest absolute Gasteiger partial charge is 0.241 e. The third-order valence-corrected chi connectivity index (χ3v) is 2.89. The van der Waals surface area contributed by atoms with Gasteiger partial charge in [0.1, 0.15) is 5.92 Å². The molecule has 1 amide bonds. The predicted octanol–water partition coefficient (Wildman–Crippen LogP) is 3.87. The van der Waals surface area contributed by atoms with E-state index in [1.165, 1.54) is 12.1 Å². The molecule has 0 spiro atoms. The number of nitrogens with one attached hydrogen (secondary N) is 1. The van der Waals surface area contributed by atoms with Crippen LogP contribution in [0.25, 0.3) is 0 Å². The Balaban J connectivity index is 2.93. The van der Waals surface area contributed by atoms with Crippen molar-refractivity contribution in [1.29, 1.82) is 5.26 Å². The van der Waals surface area contributed by atoms with Crippen LogP contribution in [0.3, 0.4) is 0 Å². The molecule has 1 atom stereocenters. The van der Waals surface area contributed by atoms with Gasteiger partial charge in [-0.05, 0) is 18.1 Å². The number of amides is 1. The molecule has 0 heterocycles. The number of hydrogen-bond acceptors (Lipinski definition) is 2. The van der Waals surface area contributed by atoms with Gasteiger partial charge in [-0.1, -0.05) is 37.0 Å². The lowest BCUT2D eigenvalue weighted by Crippen LogP contribution is -2.25. The van der Waals surface area contributed by atoms with Crippen LogP contribution < -0.4 is 5.32 Å². The van der Waals surface area contributed by atoms with Crippen LogP contribution >= 0.6 is 23.2 Å². The van der Waals surface area contributed by atoms with Crippen molar-refractivity contribution < 1.29 is 9.18 Å². The number of nitriles is 1. The standard InChI is InChI=1S/C12H11Cl2FN2O/c1-6(2)8(5-16)12(18)17-7-3-9(13)11(15)10(14)4-7/h3-4,6,8H,1-2H3,(H,17,18). The van der Waals surface area contributed by atoms with Gasteiger partial charge in [0.15, 0.2) is 5.82 Å². The van der Waals surface area contributed by atoms with Gasteiger partial charge in [-0.15, -0.1) is 0 Å². The van der Waals surface area contributed by atoms with Crippen molar-refractivity contribution in [2.24, 2.45) is 11.8 Å². The van der Waals surface area contributed by atoms with Crippen LogP contribution in [-0.2, 0) is 4.79 Å². The van der Waals surface area contributed by atoms with E-state index in [2.05, 4.69) is 5.32 Å². The SMILES string of the molecule is CC(C)C(C#N)C(=O)Nc1cc(Cl)c(F)c(Cl)c1. The second-order valence-corrected chi connectivity index (χ2v) is 4.91. The molecule has 0 fully saturated rings. The van der Waals surface area contributed by atoms with Crippen LogP contribution in [0.2, 0.25) is 10.0 Å². The molecule has 0 aliphatic rings. The van der Waals surface area contributed by atoms with Crippen LogP contribution in [0.5, 0.6) is 0 Å². The first kappa shape index (κ1) is 14.7. The molecule has 18 heavy (non-hydrogen) atoms. The van der Waals surface area contributed by atoms with Crippen molar-refractivity contribution in [3.05, 3.63) is 28.0 Å². The zero-order chi connectivity index (χ0) is 13.9. The van der Waals surface area contributed by atoms with E-state index < -0.39 is 17.6 Å². The highest BCUT2D eigenvalue weighted by atomic mass is 35.5. The number of rotatable bonds is 3. The highest BCUT2D eigenvalue weighted by molar-refractivity contribution is 6.35. The minimum Gasteiger partial charge on any atom is -0.325 e. The summed E-state index contributed by atoms with van der Waals surface area (Å²) in [7, 11) is 0. The summed E-state index contributed by atoms with van der Waals surface area (Å²) in [6.45, 7) is 3.52. The maximum absolute atomic E-state index is 13.2. The van der Waals surface area contributed by atoms with E-state index in [4.69, 9.17) is 28.5 Å². The topological polar surface area (TPSA) is 52.9 Å². The highest BCUT2D eigenvalue weighted by Crippen LogP contribution is 2.27. The van der Waals surface area contributed by atoms with Crippen LogP contribution in [-0.4, -0.2) is 5.91 Å². The fourth-order valence-corrected chi connectivity index (χ4v) is 1.85. The van der Waals surface area contributed by atoms with Gasteiger partial charge in [0.2, 0.25) is 5.91 Å². The van der Waals surface area contributed by atoms with Crippen molar-refractivity contribution in [3.63, 3.8) is 0 Å². The summed E-state index contributed by atoms with van der Waals surface area (Å²) in [6, 6.07) is 4.40. The Morgan fingerprint density at radius 1 is 1.39 bits per heavy atom. The number of benzene rings is 1. The van der Waals surface area contributed by atoms with E-state index >= 15 is 0 Å². The minimum absolute atomic E-state index is 0.124. The predicted molar refractivity (Wildman–Crippen MR) is 69.0 cm³/mol. The monoisotopic (exact) mass is 288 g/mol. The molecule has 0 aromatic heterocycles. The number of anilines is 1. The zero-order valence-corrected chi connectivity index (χ0v) is 11.3. The fourth-order valence-electron chi connectivity index (χ4n) is 1.36. The molecule has 96 valence electrons. The molecule has 1 aromatic rings. The maximum atomic E-state index is 13.2. The summed E-state index contributed by atoms with van der Waals surface area (Å²) >= 11 is 11.2. The summed E-state index contributed by atoms with van der Waals surface area (Å²) in [5.41, 5.74) is 0.261. The van der Waals surface area contributed by atoms with Crippen LogP contribution in [0.1, 0.15) is 13.8 Å². The average molecular weight is 289 g/mol.